The molecule has 1 fully saturated rings. The quantitative estimate of drug-likeness (QED) is 0.154. The molecule has 3 atom stereocenters. The van der Waals surface area contributed by atoms with Gasteiger partial charge in [-0.25, -0.2) is 0 Å². The molecular weight excluding hydrogens is 525 g/mol. The fourth-order valence-electron chi connectivity index (χ4n) is 8.58. The normalized spacial score (nSPS) is 24.1. The fourth-order valence-corrected chi connectivity index (χ4v) is 13.2. The Labute approximate surface area is 259 Å². The average molecular weight is 583 g/mol. The van der Waals surface area contributed by atoms with Gasteiger partial charge in [0.2, 0.25) is 0 Å². The van der Waals surface area contributed by atoms with E-state index in [1.807, 2.05) is 0 Å². The van der Waals surface area contributed by atoms with Crippen LogP contribution in [-0.4, -0.2) is 14.9 Å². The smallest absolute Gasteiger partial charge is 0.261 e. The predicted molar refractivity (Wildman–Crippen MR) is 186 cm³/mol. The molecule has 0 aromatic heterocycles. The van der Waals surface area contributed by atoms with E-state index >= 15 is 0 Å². The third-order valence-electron chi connectivity index (χ3n) is 10.8. The van der Waals surface area contributed by atoms with Gasteiger partial charge in [-0.05, 0) is 90.4 Å². The first-order chi connectivity index (χ1) is 19.8. The monoisotopic (exact) mass is 582 g/mol. The summed E-state index contributed by atoms with van der Waals surface area (Å²) in [6.07, 6.45) is 16.2. The second kappa shape index (κ2) is 13.2. The standard InChI is InChI=1S/C40H58OSi/c1-31(24-26-36-33(3)25-27-37-39(7,8)28-17-29-40(36,37)9)18-16-19-32(2)30-41-42(38(4,5)6,34-20-12-10-13-21-34)35-22-14-11-15-23-35/h10-16,18-23,32,37H,17,24-30H2,1-9H3/b19-16+,31-18+/t32-,37+,40-/m1/s1. The largest absolute Gasteiger partial charge is 0.407 e. The average Bonchev–Trinajstić information content (AvgIpc) is 2.93. The van der Waals surface area contributed by atoms with Crippen molar-refractivity contribution in [3.8, 4) is 0 Å². The van der Waals surface area contributed by atoms with Crippen LogP contribution in [-0.2, 0) is 4.43 Å². The van der Waals surface area contributed by atoms with E-state index < -0.39 is 8.32 Å². The highest BCUT2D eigenvalue weighted by molar-refractivity contribution is 6.99. The number of hydrogen-bond donors (Lipinski definition) is 0. The van der Waals surface area contributed by atoms with Crippen LogP contribution >= 0.6 is 0 Å². The second-order valence-corrected chi connectivity index (χ2v) is 19.8. The summed E-state index contributed by atoms with van der Waals surface area (Å²) in [5.74, 6) is 1.17. The lowest BCUT2D eigenvalue weighted by Crippen LogP contribution is -2.66. The summed E-state index contributed by atoms with van der Waals surface area (Å²) in [6, 6.07) is 22.0. The van der Waals surface area contributed by atoms with Crippen LogP contribution in [0.25, 0.3) is 0 Å². The van der Waals surface area contributed by atoms with Crippen LogP contribution in [0.15, 0.2) is 95.6 Å². The highest BCUT2D eigenvalue weighted by Crippen LogP contribution is 2.60. The zero-order valence-electron chi connectivity index (χ0n) is 28.2. The van der Waals surface area contributed by atoms with Gasteiger partial charge in [-0.3, -0.25) is 0 Å². The van der Waals surface area contributed by atoms with Gasteiger partial charge in [0.1, 0.15) is 0 Å². The molecule has 2 aromatic carbocycles. The van der Waals surface area contributed by atoms with Crippen molar-refractivity contribution in [3.05, 3.63) is 95.6 Å². The Morgan fingerprint density at radius 2 is 1.57 bits per heavy atom. The number of allylic oxidation sites excluding steroid dienone is 5. The predicted octanol–water partition coefficient (Wildman–Crippen LogP) is 10.4. The molecule has 2 aliphatic rings. The molecule has 0 unspecified atom stereocenters. The number of hydrogen-bond acceptors (Lipinski definition) is 1. The van der Waals surface area contributed by atoms with E-state index in [0.717, 1.165) is 18.9 Å². The topological polar surface area (TPSA) is 9.23 Å². The number of fused-ring (bicyclic) bond motifs is 1. The summed E-state index contributed by atoms with van der Waals surface area (Å²) < 4.78 is 7.16. The third kappa shape index (κ3) is 6.81. The van der Waals surface area contributed by atoms with E-state index in [1.165, 1.54) is 54.5 Å². The van der Waals surface area contributed by atoms with Crippen molar-refractivity contribution in [2.24, 2.45) is 22.7 Å². The van der Waals surface area contributed by atoms with Gasteiger partial charge in [0.15, 0.2) is 0 Å². The lowest BCUT2D eigenvalue weighted by molar-refractivity contribution is 0.0105. The van der Waals surface area contributed by atoms with Crippen LogP contribution in [0.5, 0.6) is 0 Å². The van der Waals surface area contributed by atoms with Crippen LogP contribution in [0.1, 0.15) is 107 Å². The molecule has 0 saturated heterocycles. The summed E-state index contributed by atoms with van der Waals surface area (Å²) >= 11 is 0. The minimum atomic E-state index is -2.50. The first-order valence-corrected chi connectivity index (χ1v) is 18.5. The number of benzene rings is 2. The summed E-state index contributed by atoms with van der Waals surface area (Å²) in [5, 5.41) is 2.70. The molecule has 1 nitrogen and oxygen atoms in total. The van der Waals surface area contributed by atoms with Gasteiger partial charge in [0.25, 0.3) is 8.32 Å². The van der Waals surface area contributed by atoms with E-state index in [-0.39, 0.29) is 5.04 Å². The number of rotatable bonds is 10. The van der Waals surface area contributed by atoms with Gasteiger partial charge in [0, 0.05) is 6.61 Å². The molecule has 0 heterocycles. The Balaban J connectivity index is 1.43. The van der Waals surface area contributed by atoms with Gasteiger partial charge in [-0.15, -0.1) is 0 Å². The molecule has 2 heteroatoms. The summed E-state index contributed by atoms with van der Waals surface area (Å²) in [6.45, 7) is 22.5. The van der Waals surface area contributed by atoms with Gasteiger partial charge >= 0.3 is 0 Å². The molecule has 0 amide bonds. The van der Waals surface area contributed by atoms with Gasteiger partial charge in [0.05, 0.1) is 0 Å². The maximum Gasteiger partial charge on any atom is 0.261 e. The minimum Gasteiger partial charge on any atom is -0.407 e. The highest BCUT2D eigenvalue weighted by atomic mass is 28.4. The van der Waals surface area contributed by atoms with Gasteiger partial charge in [-0.1, -0.05) is 150 Å². The molecule has 228 valence electrons. The van der Waals surface area contributed by atoms with Crippen LogP contribution < -0.4 is 10.4 Å². The zero-order chi connectivity index (χ0) is 30.6. The minimum absolute atomic E-state index is 0.00472. The van der Waals surface area contributed by atoms with Crippen molar-refractivity contribution in [2.75, 3.05) is 6.61 Å². The summed E-state index contributed by atoms with van der Waals surface area (Å²) in [5.41, 5.74) is 5.82. The Bertz CT molecular complexity index is 1220. The van der Waals surface area contributed by atoms with E-state index in [9.17, 15) is 0 Å². The maximum absolute atomic E-state index is 7.16. The molecule has 4 rings (SSSR count). The molecule has 0 spiro atoms. The van der Waals surface area contributed by atoms with Crippen molar-refractivity contribution < 1.29 is 4.43 Å². The molecule has 0 radical (unpaired) electrons. The van der Waals surface area contributed by atoms with Crippen molar-refractivity contribution in [1.82, 2.24) is 0 Å². The van der Waals surface area contributed by atoms with E-state index in [1.54, 1.807) is 11.1 Å². The molecule has 42 heavy (non-hydrogen) atoms. The zero-order valence-corrected chi connectivity index (χ0v) is 29.2. The molecule has 0 aliphatic heterocycles. The van der Waals surface area contributed by atoms with Gasteiger partial charge < -0.3 is 4.43 Å². The van der Waals surface area contributed by atoms with E-state index in [4.69, 9.17) is 4.43 Å². The highest BCUT2D eigenvalue weighted by Gasteiger charge is 2.51. The van der Waals surface area contributed by atoms with Crippen LogP contribution in [0, 0.1) is 22.7 Å². The van der Waals surface area contributed by atoms with Crippen LogP contribution in [0.4, 0.5) is 0 Å². The van der Waals surface area contributed by atoms with Crippen LogP contribution in [0.2, 0.25) is 5.04 Å². The van der Waals surface area contributed by atoms with Crippen molar-refractivity contribution in [1.29, 1.82) is 0 Å². The van der Waals surface area contributed by atoms with E-state index in [0.29, 0.717) is 16.7 Å². The Morgan fingerprint density at radius 1 is 0.976 bits per heavy atom. The first kappa shape index (κ1) is 32.7. The summed E-state index contributed by atoms with van der Waals surface area (Å²) in [4.78, 5) is 0. The molecule has 1 saturated carbocycles. The molecule has 0 N–H and O–H groups in total. The SMILES string of the molecule is CC1=C(CC/C(C)=C/C=C/[C@@H](C)CO[Si](c2ccccc2)(c2ccccc2)C(C)(C)C)[C@@]2(C)CCCC(C)(C)[C@@H]2CC1. The van der Waals surface area contributed by atoms with Crippen molar-refractivity contribution in [2.45, 2.75) is 112 Å². The summed E-state index contributed by atoms with van der Waals surface area (Å²) in [7, 11) is -2.50. The molecule has 0 bridgehead atoms. The van der Waals surface area contributed by atoms with Gasteiger partial charge in [-0.2, -0.15) is 0 Å². The third-order valence-corrected chi connectivity index (χ3v) is 15.8. The molecule has 2 aromatic rings. The van der Waals surface area contributed by atoms with Crippen molar-refractivity contribution >= 4 is 18.7 Å². The Morgan fingerprint density at radius 3 is 2.14 bits per heavy atom. The van der Waals surface area contributed by atoms with Crippen LogP contribution in [0.3, 0.4) is 0 Å². The lowest BCUT2D eigenvalue weighted by Gasteiger charge is -2.55. The van der Waals surface area contributed by atoms with Crippen molar-refractivity contribution in [3.63, 3.8) is 0 Å². The second-order valence-electron chi connectivity index (χ2n) is 15.5. The lowest BCUT2D eigenvalue weighted by atomic mass is 9.50. The molecule has 2 aliphatic carbocycles. The maximum atomic E-state index is 7.16. The Kier molecular flexibility index (Phi) is 10.3. The van der Waals surface area contributed by atoms with E-state index in [2.05, 4.69) is 141 Å². The molecular formula is C40H58OSi. The Hall–Kier alpha value is -2.16. The fraction of sp³-hybridized carbons (Fsp3) is 0.550. The first-order valence-electron chi connectivity index (χ1n) is 16.6.